The molecule has 1 saturated heterocycles. The quantitative estimate of drug-likeness (QED) is 0.603. The molecule has 5 heteroatoms. The Morgan fingerprint density at radius 1 is 1.46 bits per heavy atom. The van der Waals surface area contributed by atoms with Gasteiger partial charge in [-0.25, -0.2) is 0 Å². The van der Waals surface area contributed by atoms with Gasteiger partial charge in [0.1, 0.15) is 0 Å². The molecule has 0 aromatic heterocycles. The molecular weight excluding hydrogens is 188 g/mol. The van der Waals surface area contributed by atoms with Gasteiger partial charge in [0.2, 0.25) is 0 Å². The summed E-state index contributed by atoms with van der Waals surface area (Å²) in [6.07, 6.45) is 0. The highest BCUT2D eigenvalue weighted by atomic mass is 32.2. The van der Waals surface area contributed by atoms with Crippen molar-refractivity contribution in [2.24, 2.45) is 0 Å². The number of thioether (sulfide) groups is 1. The van der Waals surface area contributed by atoms with Crippen molar-refractivity contribution in [3.63, 3.8) is 0 Å². The van der Waals surface area contributed by atoms with E-state index in [1.54, 1.807) is 0 Å². The van der Waals surface area contributed by atoms with Gasteiger partial charge in [-0.1, -0.05) is 0 Å². The van der Waals surface area contributed by atoms with Crippen molar-refractivity contribution in [3.8, 4) is 0 Å². The molecule has 0 bridgehead atoms. The topological polar surface area (TPSA) is 52.6 Å². The van der Waals surface area contributed by atoms with Gasteiger partial charge < -0.3 is 15.3 Å². The van der Waals surface area contributed by atoms with Gasteiger partial charge in [0.05, 0.1) is 6.54 Å². The molecule has 0 atom stereocenters. The van der Waals surface area contributed by atoms with E-state index in [1.165, 1.54) is 11.5 Å². The zero-order valence-corrected chi connectivity index (χ0v) is 8.48. The fraction of sp³-hybridized carbons (Fsp3) is 0.875. The van der Waals surface area contributed by atoms with Crippen LogP contribution in [0.2, 0.25) is 0 Å². The highest BCUT2D eigenvalue weighted by Crippen LogP contribution is 2.07. The molecule has 0 aliphatic carbocycles. The predicted octanol–water partition coefficient (Wildman–Crippen LogP) is -0.291. The molecule has 1 rings (SSSR count). The van der Waals surface area contributed by atoms with E-state index in [9.17, 15) is 4.79 Å². The second-order valence-electron chi connectivity index (χ2n) is 3.02. The third kappa shape index (κ3) is 5.13. The Morgan fingerprint density at radius 3 is 2.77 bits per heavy atom. The molecule has 0 aromatic carbocycles. The van der Waals surface area contributed by atoms with Crippen LogP contribution in [-0.4, -0.2) is 60.2 Å². The van der Waals surface area contributed by atoms with E-state index in [2.05, 4.69) is 10.2 Å². The van der Waals surface area contributed by atoms with Crippen molar-refractivity contribution >= 4 is 17.7 Å². The first-order valence-electron chi connectivity index (χ1n) is 4.51. The van der Waals surface area contributed by atoms with Gasteiger partial charge in [0.15, 0.2) is 0 Å². The molecular formula is C8H16N2O2S. The Labute approximate surface area is 82.7 Å². The van der Waals surface area contributed by atoms with E-state index in [0.29, 0.717) is 0 Å². The van der Waals surface area contributed by atoms with Crippen LogP contribution in [0.5, 0.6) is 0 Å². The summed E-state index contributed by atoms with van der Waals surface area (Å²) in [6, 6.07) is 0. The maximum atomic E-state index is 10.2. The van der Waals surface area contributed by atoms with Crippen molar-refractivity contribution < 1.29 is 9.90 Å². The molecule has 2 N–H and O–H groups in total. The largest absolute Gasteiger partial charge is 0.480 e. The van der Waals surface area contributed by atoms with E-state index in [0.717, 1.165) is 26.2 Å². The van der Waals surface area contributed by atoms with Gasteiger partial charge in [0.25, 0.3) is 0 Å². The predicted molar refractivity (Wildman–Crippen MR) is 54.3 cm³/mol. The maximum absolute atomic E-state index is 10.2. The van der Waals surface area contributed by atoms with Crippen LogP contribution in [0.3, 0.4) is 0 Å². The lowest BCUT2D eigenvalue weighted by Crippen LogP contribution is -2.38. The fourth-order valence-corrected chi connectivity index (χ4v) is 2.24. The summed E-state index contributed by atoms with van der Waals surface area (Å²) < 4.78 is 0. The van der Waals surface area contributed by atoms with E-state index in [-0.39, 0.29) is 6.54 Å². The SMILES string of the molecule is O=C(O)CNCCN1CCSCC1. The molecule has 1 heterocycles. The summed E-state index contributed by atoms with van der Waals surface area (Å²) in [4.78, 5) is 12.5. The number of carboxylic acids is 1. The van der Waals surface area contributed by atoms with Gasteiger partial charge in [-0.05, 0) is 0 Å². The lowest BCUT2D eigenvalue weighted by Gasteiger charge is -2.25. The minimum Gasteiger partial charge on any atom is -0.480 e. The Morgan fingerprint density at radius 2 is 2.15 bits per heavy atom. The van der Waals surface area contributed by atoms with Crippen LogP contribution < -0.4 is 5.32 Å². The normalized spacial score (nSPS) is 18.8. The lowest BCUT2D eigenvalue weighted by molar-refractivity contribution is -0.135. The number of carboxylic acid groups (broad SMARTS) is 1. The van der Waals surface area contributed by atoms with Crippen LogP contribution in [0.1, 0.15) is 0 Å². The van der Waals surface area contributed by atoms with E-state index >= 15 is 0 Å². The highest BCUT2D eigenvalue weighted by Gasteiger charge is 2.08. The van der Waals surface area contributed by atoms with Gasteiger partial charge in [-0.2, -0.15) is 11.8 Å². The lowest BCUT2D eigenvalue weighted by atomic mass is 10.4. The Bertz CT molecular complexity index is 160. The second kappa shape index (κ2) is 6.23. The molecule has 0 saturated carbocycles. The first-order valence-corrected chi connectivity index (χ1v) is 5.67. The molecule has 0 radical (unpaired) electrons. The van der Waals surface area contributed by atoms with Crippen LogP contribution in [0.15, 0.2) is 0 Å². The summed E-state index contributed by atoms with van der Waals surface area (Å²) in [6.45, 7) is 4.09. The number of hydrogen-bond acceptors (Lipinski definition) is 4. The van der Waals surface area contributed by atoms with Gasteiger partial charge in [0, 0.05) is 37.7 Å². The highest BCUT2D eigenvalue weighted by molar-refractivity contribution is 7.99. The summed E-state index contributed by atoms with van der Waals surface area (Å²) >= 11 is 1.99. The zero-order chi connectivity index (χ0) is 9.52. The Balaban J connectivity index is 1.95. The average Bonchev–Trinajstić information content (AvgIpc) is 2.14. The van der Waals surface area contributed by atoms with Crippen molar-refractivity contribution in [1.29, 1.82) is 0 Å². The number of aliphatic carboxylic acids is 1. The first-order chi connectivity index (χ1) is 6.29. The smallest absolute Gasteiger partial charge is 0.317 e. The van der Waals surface area contributed by atoms with E-state index in [1.807, 2.05) is 11.8 Å². The molecule has 1 fully saturated rings. The number of nitrogens with one attached hydrogen (secondary N) is 1. The van der Waals surface area contributed by atoms with Crippen LogP contribution in [0.25, 0.3) is 0 Å². The number of rotatable bonds is 5. The molecule has 76 valence electrons. The minimum atomic E-state index is -0.783. The second-order valence-corrected chi connectivity index (χ2v) is 4.25. The van der Waals surface area contributed by atoms with E-state index < -0.39 is 5.97 Å². The number of carbonyl (C=O) groups is 1. The zero-order valence-electron chi connectivity index (χ0n) is 7.66. The first kappa shape index (κ1) is 10.8. The van der Waals surface area contributed by atoms with Crippen molar-refractivity contribution in [2.75, 3.05) is 44.2 Å². The van der Waals surface area contributed by atoms with Gasteiger partial charge in [-0.3, -0.25) is 4.79 Å². The number of hydrogen-bond donors (Lipinski definition) is 2. The summed E-state index contributed by atoms with van der Waals surface area (Å²) in [7, 11) is 0. The number of nitrogens with zero attached hydrogens (tertiary/aromatic N) is 1. The third-order valence-corrected chi connectivity index (χ3v) is 2.93. The third-order valence-electron chi connectivity index (χ3n) is 1.98. The summed E-state index contributed by atoms with van der Waals surface area (Å²) in [5.41, 5.74) is 0. The van der Waals surface area contributed by atoms with Crippen molar-refractivity contribution in [3.05, 3.63) is 0 Å². The molecule has 0 aromatic rings. The monoisotopic (exact) mass is 204 g/mol. The van der Waals surface area contributed by atoms with Crippen LogP contribution in [-0.2, 0) is 4.79 Å². The molecule has 0 unspecified atom stereocenters. The molecule has 0 amide bonds. The molecule has 1 aliphatic rings. The van der Waals surface area contributed by atoms with Crippen LogP contribution in [0, 0.1) is 0 Å². The molecule has 13 heavy (non-hydrogen) atoms. The molecule has 1 aliphatic heterocycles. The average molecular weight is 204 g/mol. The Kier molecular flexibility index (Phi) is 5.19. The summed E-state index contributed by atoms with van der Waals surface area (Å²) in [5, 5.41) is 11.3. The maximum Gasteiger partial charge on any atom is 0.317 e. The van der Waals surface area contributed by atoms with Crippen LogP contribution >= 0.6 is 11.8 Å². The molecule has 0 spiro atoms. The standard InChI is InChI=1S/C8H16N2O2S/c11-8(12)7-9-1-2-10-3-5-13-6-4-10/h9H,1-7H2,(H,11,12). The van der Waals surface area contributed by atoms with Crippen LogP contribution in [0.4, 0.5) is 0 Å². The van der Waals surface area contributed by atoms with Crippen molar-refractivity contribution in [1.82, 2.24) is 10.2 Å². The van der Waals surface area contributed by atoms with Gasteiger partial charge >= 0.3 is 5.97 Å². The minimum absolute atomic E-state index is 0.0720. The Hall–Kier alpha value is -0.260. The molecule has 4 nitrogen and oxygen atoms in total. The fourth-order valence-electron chi connectivity index (χ4n) is 1.26. The van der Waals surface area contributed by atoms with E-state index in [4.69, 9.17) is 5.11 Å². The van der Waals surface area contributed by atoms with Gasteiger partial charge in [-0.15, -0.1) is 0 Å². The van der Waals surface area contributed by atoms with Crippen molar-refractivity contribution in [2.45, 2.75) is 0 Å². The summed E-state index contributed by atoms with van der Waals surface area (Å²) in [5.74, 6) is 1.63.